The molecule has 0 radical (unpaired) electrons. The van der Waals surface area contributed by atoms with E-state index in [1.165, 1.54) is 0 Å². The number of nitrogens with zero attached hydrogens (tertiary/aromatic N) is 3. The highest BCUT2D eigenvalue weighted by molar-refractivity contribution is 5.84. The summed E-state index contributed by atoms with van der Waals surface area (Å²) in [6.07, 6.45) is 7.50. The summed E-state index contributed by atoms with van der Waals surface area (Å²) in [4.78, 5) is 15.1. The average molecular weight is 306 g/mol. The van der Waals surface area contributed by atoms with Gasteiger partial charge in [-0.05, 0) is 50.8 Å². The van der Waals surface area contributed by atoms with E-state index in [2.05, 4.69) is 10.4 Å². The zero-order chi connectivity index (χ0) is 15.4. The van der Waals surface area contributed by atoms with Crippen molar-refractivity contribution in [2.45, 2.75) is 31.2 Å². The lowest BCUT2D eigenvalue weighted by atomic mass is 9.86. The van der Waals surface area contributed by atoms with Gasteiger partial charge >= 0.3 is 0 Å². The molecule has 3 heterocycles. The Morgan fingerprint density at radius 3 is 2.95 bits per heavy atom. The Morgan fingerprint density at radius 1 is 1.50 bits per heavy atom. The number of ether oxygens (including phenoxy) is 1. The standard InChI is InChI=1S/C16H26N4O2/c1-19(12-14-4-2-11-22-13-14)15(21)16(5-8-17-9-6-16)20-10-3-7-18-20/h3,7,10,14,17H,2,4-6,8-9,11-13H2,1H3. The Morgan fingerprint density at radius 2 is 2.32 bits per heavy atom. The number of hydrogen-bond donors (Lipinski definition) is 1. The summed E-state index contributed by atoms with van der Waals surface area (Å²) in [5.41, 5.74) is -0.529. The second-order valence-electron chi connectivity index (χ2n) is 6.50. The number of piperidine rings is 1. The summed E-state index contributed by atoms with van der Waals surface area (Å²) in [5, 5.41) is 7.72. The SMILES string of the molecule is CN(CC1CCCOC1)C(=O)C1(n2cccn2)CCNCC1. The molecule has 3 rings (SSSR count). The Hall–Kier alpha value is -1.40. The average Bonchev–Trinajstić information content (AvgIpc) is 3.11. The number of carbonyl (C=O) groups is 1. The summed E-state index contributed by atoms with van der Waals surface area (Å²) < 4.78 is 7.41. The van der Waals surface area contributed by atoms with Crippen LogP contribution in [0.2, 0.25) is 0 Å². The molecule has 6 heteroatoms. The maximum Gasteiger partial charge on any atom is 0.250 e. The first-order valence-electron chi connectivity index (χ1n) is 8.26. The van der Waals surface area contributed by atoms with Gasteiger partial charge in [0.05, 0.1) is 6.61 Å². The summed E-state index contributed by atoms with van der Waals surface area (Å²) in [6.45, 7) is 4.11. The van der Waals surface area contributed by atoms with E-state index in [4.69, 9.17) is 4.74 Å². The van der Waals surface area contributed by atoms with Crippen molar-refractivity contribution in [1.29, 1.82) is 0 Å². The van der Waals surface area contributed by atoms with E-state index in [1.807, 2.05) is 28.9 Å². The highest BCUT2D eigenvalue weighted by Gasteiger charge is 2.43. The summed E-state index contributed by atoms with van der Waals surface area (Å²) in [5.74, 6) is 0.641. The van der Waals surface area contributed by atoms with Crippen LogP contribution in [0, 0.1) is 5.92 Å². The first-order valence-corrected chi connectivity index (χ1v) is 8.26. The van der Waals surface area contributed by atoms with E-state index in [-0.39, 0.29) is 5.91 Å². The zero-order valence-electron chi connectivity index (χ0n) is 13.3. The normalized spacial score (nSPS) is 24.9. The molecule has 0 aliphatic carbocycles. The number of aromatic nitrogens is 2. The predicted octanol–water partition coefficient (Wildman–Crippen LogP) is 0.847. The monoisotopic (exact) mass is 306 g/mol. The van der Waals surface area contributed by atoms with E-state index >= 15 is 0 Å². The van der Waals surface area contributed by atoms with Gasteiger partial charge in [0.2, 0.25) is 5.91 Å². The number of likely N-dealkylation sites (N-methyl/N-ethyl adjacent to an activating group) is 1. The second kappa shape index (κ2) is 6.79. The highest BCUT2D eigenvalue weighted by Crippen LogP contribution is 2.29. The first-order chi connectivity index (χ1) is 10.7. The maximum absolute atomic E-state index is 13.2. The van der Waals surface area contributed by atoms with Crippen molar-refractivity contribution in [1.82, 2.24) is 20.0 Å². The van der Waals surface area contributed by atoms with Crippen molar-refractivity contribution in [3.8, 4) is 0 Å². The molecule has 22 heavy (non-hydrogen) atoms. The van der Waals surface area contributed by atoms with E-state index in [1.54, 1.807) is 6.20 Å². The summed E-state index contributed by atoms with van der Waals surface area (Å²) >= 11 is 0. The van der Waals surface area contributed by atoms with Crippen molar-refractivity contribution in [2.24, 2.45) is 5.92 Å². The molecule has 1 atom stereocenters. The number of carbonyl (C=O) groups excluding carboxylic acids is 1. The minimum absolute atomic E-state index is 0.184. The van der Waals surface area contributed by atoms with Crippen LogP contribution < -0.4 is 5.32 Å². The third kappa shape index (κ3) is 3.03. The van der Waals surface area contributed by atoms with Crippen LogP contribution in [0.15, 0.2) is 18.5 Å². The van der Waals surface area contributed by atoms with Gasteiger partial charge in [-0.1, -0.05) is 0 Å². The molecule has 2 aliphatic heterocycles. The topological polar surface area (TPSA) is 59.4 Å². The van der Waals surface area contributed by atoms with Crippen molar-refractivity contribution < 1.29 is 9.53 Å². The van der Waals surface area contributed by atoms with Gasteiger partial charge in [0.15, 0.2) is 0 Å². The quantitative estimate of drug-likeness (QED) is 0.896. The van der Waals surface area contributed by atoms with Crippen LogP contribution in [0.4, 0.5) is 0 Å². The molecule has 2 saturated heterocycles. The van der Waals surface area contributed by atoms with Crippen molar-refractivity contribution in [3.05, 3.63) is 18.5 Å². The van der Waals surface area contributed by atoms with Crippen molar-refractivity contribution in [3.63, 3.8) is 0 Å². The number of rotatable bonds is 4. The smallest absolute Gasteiger partial charge is 0.250 e. The fraction of sp³-hybridized carbons (Fsp3) is 0.750. The van der Waals surface area contributed by atoms with Crippen molar-refractivity contribution >= 4 is 5.91 Å². The molecular formula is C16H26N4O2. The molecule has 6 nitrogen and oxygen atoms in total. The largest absolute Gasteiger partial charge is 0.381 e. The van der Waals surface area contributed by atoms with E-state index < -0.39 is 5.54 Å². The predicted molar refractivity (Wildman–Crippen MR) is 83.5 cm³/mol. The summed E-state index contributed by atoms with van der Waals surface area (Å²) in [7, 11) is 1.92. The molecule has 1 aromatic heterocycles. The molecule has 0 aromatic carbocycles. The van der Waals surface area contributed by atoms with Crippen LogP contribution in [0.25, 0.3) is 0 Å². The zero-order valence-corrected chi connectivity index (χ0v) is 13.3. The maximum atomic E-state index is 13.2. The van der Waals surface area contributed by atoms with Gasteiger partial charge in [-0.25, -0.2) is 0 Å². The van der Waals surface area contributed by atoms with Gasteiger partial charge in [0.1, 0.15) is 5.54 Å². The fourth-order valence-electron chi connectivity index (χ4n) is 3.68. The molecule has 1 aromatic rings. The number of nitrogens with one attached hydrogen (secondary N) is 1. The third-order valence-electron chi connectivity index (χ3n) is 4.91. The number of hydrogen-bond acceptors (Lipinski definition) is 4. The van der Waals surface area contributed by atoms with Crippen LogP contribution >= 0.6 is 0 Å². The van der Waals surface area contributed by atoms with E-state index in [0.29, 0.717) is 5.92 Å². The van der Waals surface area contributed by atoms with Crippen LogP contribution in [0.3, 0.4) is 0 Å². The molecule has 2 fully saturated rings. The van der Waals surface area contributed by atoms with Crippen LogP contribution in [-0.4, -0.2) is 60.5 Å². The minimum Gasteiger partial charge on any atom is -0.381 e. The van der Waals surface area contributed by atoms with Crippen LogP contribution in [0.5, 0.6) is 0 Å². The first kappa shape index (κ1) is 15.5. The van der Waals surface area contributed by atoms with Gasteiger partial charge in [-0.2, -0.15) is 5.10 Å². The second-order valence-corrected chi connectivity index (χ2v) is 6.50. The molecule has 1 unspecified atom stereocenters. The van der Waals surface area contributed by atoms with Crippen molar-refractivity contribution in [2.75, 3.05) is 39.9 Å². The van der Waals surface area contributed by atoms with Gasteiger partial charge in [-0.15, -0.1) is 0 Å². The van der Waals surface area contributed by atoms with Gasteiger partial charge in [-0.3, -0.25) is 9.48 Å². The lowest BCUT2D eigenvalue weighted by molar-refractivity contribution is -0.143. The van der Waals surface area contributed by atoms with Gasteiger partial charge < -0.3 is 15.0 Å². The Kier molecular flexibility index (Phi) is 4.78. The molecule has 1 N–H and O–H groups in total. The highest BCUT2D eigenvalue weighted by atomic mass is 16.5. The third-order valence-corrected chi connectivity index (χ3v) is 4.91. The molecule has 122 valence electrons. The Labute approximate surface area is 131 Å². The Balaban J connectivity index is 1.74. The molecule has 0 saturated carbocycles. The molecule has 1 amide bonds. The fourth-order valence-corrected chi connectivity index (χ4v) is 3.68. The van der Waals surface area contributed by atoms with E-state index in [9.17, 15) is 4.79 Å². The lowest BCUT2D eigenvalue weighted by Crippen LogP contribution is -2.55. The van der Waals surface area contributed by atoms with Crippen LogP contribution in [0.1, 0.15) is 25.7 Å². The molecule has 2 aliphatic rings. The molecular weight excluding hydrogens is 280 g/mol. The minimum atomic E-state index is -0.529. The van der Waals surface area contributed by atoms with Gasteiger partial charge in [0, 0.05) is 32.6 Å². The van der Waals surface area contributed by atoms with Crippen LogP contribution in [-0.2, 0) is 15.1 Å². The molecule has 0 bridgehead atoms. The summed E-state index contributed by atoms with van der Waals surface area (Å²) in [6, 6.07) is 1.89. The lowest BCUT2D eigenvalue weighted by Gasteiger charge is -2.40. The Bertz CT molecular complexity index is 476. The number of amides is 1. The van der Waals surface area contributed by atoms with Gasteiger partial charge in [0.25, 0.3) is 0 Å². The molecule has 0 spiro atoms. The van der Waals surface area contributed by atoms with E-state index in [0.717, 1.165) is 58.5 Å².